The predicted molar refractivity (Wildman–Crippen MR) is 67.1 cm³/mol. The summed E-state index contributed by atoms with van der Waals surface area (Å²) in [5, 5.41) is 0.707. The lowest BCUT2D eigenvalue weighted by atomic mass is 10.3. The lowest BCUT2D eigenvalue weighted by Gasteiger charge is -2.08. The summed E-state index contributed by atoms with van der Waals surface area (Å²) in [6.07, 6.45) is 0. The number of esters is 1. The van der Waals surface area contributed by atoms with Gasteiger partial charge in [-0.1, -0.05) is 34.8 Å². The Labute approximate surface area is 118 Å². The zero-order valence-corrected chi connectivity index (χ0v) is 11.2. The van der Waals surface area contributed by atoms with E-state index in [0.29, 0.717) is 0 Å². The van der Waals surface area contributed by atoms with Gasteiger partial charge in [-0.15, -0.1) is 0 Å². The van der Waals surface area contributed by atoms with Gasteiger partial charge in [0, 0.05) is 6.07 Å². The van der Waals surface area contributed by atoms with Gasteiger partial charge < -0.3 is 15.2 Å². The number of hydrogen-bond donors (Lipinski definition) is 1. The molecule has 98 valence electrons. The first-order valence-electron chi connectivity index (χ1n) is 4.61. The Hall–Kier alpha value is -1.17. The summed E-state index contributed by atoms with van der Waals surface area (Å²) in [7, 11) is 0. The van der Waals surface area contributed by atoms with Gasteiger partial charge in [-0.25, -0.2) is 4.79 Å². The average molecular weight is 313 g/mol. The number of benzene rings is 1. The van der Waals surface area contributed by atoms with Crippen molar-refractivity contribution in [1.82, 2.24) is 0 Å². The second kappa shape index (κ2) is 6.68. The Kier molecular flexibility index (Phi) is 5.53. The standard InChI is InChI=1S/C10H8Cl3NO4/c11-5-1-7(13)8(2-6(5)12)17-4-10(16)18-3-9(14)15/h1-2H,3-4H2,(H2,14,15). The van der Waals surface area contributed by atoms with Crippen LogP contribution in [0.5, 0.6) is 5.75 Å². The average Bonchev–Trinajstić information content (AvgIpc) is 2.29. The van der Waals surface area contributed by atoms with Crippen LogP contribution in [-0.2, 0) is 14.3 Å². The minimum Gasteiger partial charge on any atom is -0.480 e. The number of hydrogen-bond acceptors (Lipinski definition) is 4. The minimum atomic E-state index is -0.754. The molecular weight excluding hydrogens is 304 g/mol. The molecule has 1 aromatic carbocycles. The summed E-state index contributed by atoms with van der Waals surface area (Å²) < 4.78 is 9.54. The molecule has 0 heterocycles. The van der Waals surface area contributed by atoms with Crippen molar-refractivity contribution < 1.29 is 19.1 Å². The van der Waals surface area contributed by atoms with Crippen molar-refractivity contribution >= 4 is 46.7 Å². The molecule has 0 aliphatic rings. The van der Waals surface area contributed by atoms with Crippen LogP contribution in [0.2, 0.25) is 15.1 Å². The van der Waals surface area contributed by atoms with E-state index in [1.54, 1.807) is 0 Å². The summed E-state index contributed by atoms with van der Waals surface area (Å²) in [4.78, 5) is 21.5. The highest BCUT2D eigenvalue weighted by atomic mass is 35.5. The van der Waals surface area contributed by atoms with E-state index < -0.39 is 25.1 Å². The number of carbonyl (C=O) groups is 2. The molecule has 1 amide bonds. The minimum absolute atomic E-state index is 0.182. The van der Waals surface area contributed by atoms with E-state index in [0.717, 1.165) is 0 Å². The molecule has 0 aromatic heterocycles. The molecule has 0 aliphatic carbocycles. The van der Waals surface area contributed by atoms with E-state index in [2.05, 4.69) is 4.74 Å². The van der Waals surface area contributed by atoms with Crippen molar-refractivity contribution in [2.24, 2.45) is 5.73 Å². The molecule has 0 atom stereocenters. The summed E-state index contributed by atoms with van der Waals surface area (Å²) in [6.45, 7) is -0.928. The van der Waals surface area contributed by atoms with Crippen molar-refractivity contribution in [3.05, 3.63) is 27.2 Å². The molecule has 1 rings (SSSR count). The van der Waals surface area contributed by atoms with Crippen molar-refractivity contribution in [2.75, 3.05) is 13.2 Å². The lowest BCUT2D eigenvalue weighted by Crippen LogP contribution is -2.23. The fraction of sp³-hybridized carbons (Fsp3) is 0.200. The summed E-state index contributed by atoms with van der Waals surface area (Å²) >= 11 is 17.3. The molecule has 0 spiro atoms. The first kappa shape index (κ1) is 14.9. The van der Waals surface area contributed by atoms with Crippen molar-refractivity contribution in [2.45, 2.75) is 0 Å². The van der Waals surface area contributed by atoms with E-state index in [1.165, 1.54) is 12.1 Å². The van der Waals surface area contributed by atoms with Gasteiger partial charge in [-0.05, 0) is 6.07 Å². The predicted octanol–water partition coefficient (Wildman–Crippen LogP) is 2.05. The maximum Gasteiger partial charge on any atom is 0.344 e. The lowest BCUT2D eigenvalue weighted by molar-refractivity contribution is -0.149. The topological polar surface area (TPSA) is 78.6 Å². The molecule has 0 bridgehead atoms. The van der Waals surface area contributed by atoms with Crippen LogP contribution in [0.3, 0.4) is 0 Å². The Morgan fingerprint density at radius 1 is 1.06 bits per heavy atom. The van der Waals surface area contributed by atoms with Crippen molar-refractivity contribution in [3.8, 4) is 5.75 Å². The fourth-order valence-electron chi connectivity index (χ4n) is 0.945. The summed E-state index contributed by atoms with van der Waals surface area (Å²) in [6, 6.07) is 2.75. The molecule has 18 heavy (non-hydrogen) atoms. The van der Waals surface area contributed by atoms with Gasteiger partial charge in [0.15, 0.2) is 13.2 Å². The summed E-state index contributed by atoms with van der Waals surface area (Å²) in [5.74, 6) is -1.33. The number of nitrogens with two attached hydrogens (primary N) is 1. The van der Waals surface area contributed by atoms with Gasteiger partial charge >= 0.3 is 5.97 Å². The van der Waals surface area contributed by atoms with Gasteiger partial charge in [0.05, 0.1) is 15.1 Å². The Morgan fingerprint density at radius 3 is 2.28 bits per heavy atom. The molecule has 0 radical (unpaired) electrons. The van der Waals surface area contributed by atoms with Crippen molar-refractivity contribution in [1.29, 1.82) is 0 Å². The fourth-order valence-corrected chi connectivity index (χ4v) is 1.54. The zero-order chi connectivity index (χ0) is 13.7. The molecular formula is C10H8Cl3NO4. The molecule has 0 saturated heterocycles. The van der Waals surface area contributed by atoms with Crippen LogP contribution in [0.25, 0.3) is 0 Å². The molecule has 8 heteroatoms. The molecule has 2 N–H and O–H groups in total. The van der Waals surface area contributed by atoms with Gasteiger partial charge in [0.25, 0.3) is 5.91 Å². The molecule has 5 nitrogen and oxygen atoms in total. The maximum atomic E-state index is 11.1. The normalized spacial score (nSPS) is 9.94. The Morgan fingerprint density at radius 2 is 1.67 bits per heavy atom. The monoisotopic (exact) mass is 311 g/mol. The second-order valence-corrected chi connectivity index (χ2v) is 4.33. The number of primary amides is 1. The smallest absolute Gasteiger partial charge is 0.344 e. The molecule has 1 aromatic rings. The van der Waals surface area contributed by atoms with Gasteiger partial charge in [0.2, 0.25) is 0 Å². The van der Waals surface area contributed by atoms with Gasteiger partial charge in [-0.2, -0.15) is 0 Å². The van der Waals surface area contributed by atoms with Crippen LogP contribution in [0, 0.1) is 0 Å². The van der Waals surface area contributed by atoms with Crippen molar-refractivity contribution in [3.63, 3.8) is 0 Å². The third-order valence-corrected chi connectivity index (χ3v) is 2.71. The Balaban J connectivity index is 2.56. The number of amides is 1. The number of carbonyl (C=O) groups excluding carboxylic acids is 2. The molecule has 0 unspecified atom stereocenters. The highest BCUT2D eigenvalue weighted by Crippen LogP contribution is 2.33. The number of halogens is 3. The molecule has 0 aliphatic heterocycles. The third kappa shape index (κ3) is 4.60. The molecule has 0 saturated carbocycles. The Bertz CT molecular complexity index is 478. The quantitative estimate of drug-likeness (QED) is 0.666. The second-order valence-electron chi connectivity index (χ2n) is 3.11. The SMILES string of the molecule is NC(=O)COC(=O)COc1cc(Cl)c(Cl)cc1Cl. The van der Waals surface area contributed by atoms with E-state index in [9.17, 15) is 9.59 Å². The molecule has 0 fully saturated rings. The van der Waals surface area contributed by atoms with Gasteiger partial charge in [-0.3, -0.25) is 4.79 Å². The van der Waals surface area contributed by atoms with E-state index in [4.69, 9.17) is 45.3 Å². The van der Waals surface area contributed by atoms with Crippen LogP contribution in [0.1, 0.15) is 0 Å². The van der Waals surface area contributed by atoms with Crippen LogP contribution in [0.15, 0.2) is 12.1 Å². The first-order valence-corrected chi connectivity index (χ1v) is 5.75. The number of ether oxygens (including phenoxy) is 2. The highest BCUT2D eigenvalue weighted by molar-refractivity contribution is 6.43. The zero-order valence-electron chi connectivity index (χ0n) is 8.91. The van der Waals surface area contributed by atoms with Crippen LogP contribution in [-0.4, -0.2) is 25.1 Å². The van der Waals surface area contributed by atoms with Crippen LogP contribution < -0.4 is 10.5 Å². The number of rotatable bonds is 5. The van der Waals surface area contributed by atoms with E-state index in [1.807, 2.05) is 0 Å². The summed E-state index contributed by atoms with van der Waals surface area (Å²) in [5.41, 5.74) is 4.80. The van der Waals surface area contributed by atoms with Crippen LogP contribution >= 0.6 is 34.8 Å². The van der Waals surface area contributed by atoms with E-state index in [-0.39, 0.29) is 20.8 Å². The maximum absolute atomic E-state index is 11.1. The van der Waals surface area contributed by atoms with Gasteiger partial charge in [0.1, 0.15) is 5.75 Å². The largest absolute Gasteiger partial charge is 0.480 e. The van der Waals surface area contributed by atoms with E-state index >= 15 is 0 Å². The highest BCUT2D eigenvalue weighted by Gasteiger charge is 2.10. The third-order valence-electron chi connectivity index (χ3n) is 1.70. The first-order chi connectivity index (χ1) is 8.40. The van der Waals surface area contributed by atoms with Crippen LogP contribution in [0.4, 0.5) is 0 Å².